The van der Waals surface area contributed by atoms with Crippen molar-refractivity contribution in [2.24, 2.45) is 0 Å². The lowest BCUT2D eigenvalue weighted by Crippen LogP contribution is -2.18. The number of pyridine rings is 1. The summed E-state index contributed by atoms with van der Waals surface area (Å²) in [6.45, 7) is 0. The molecule has 1 aromatic rings. The van der Waals surface area contributed by atoms with Gasteiger partial charge in [-0.3, -0.25) is 0 Å². The number of rotatable bonds is 2. The van der Waals surface area contributed by atoms with E-state index in [1.807, 2.05) is 0 Å². The molecule has 0 aliphatic heterocycles. The third-order valence-electron chi connectivity index (χ3n) is 1.53. The predicted octanol–water partition coefficient (Wildman–Crippen LogP) is 1.44. The van der Waals surface area contributed by atoms with E-state index >= 15 is 0 Å². The average molecular weight is 233 g/mol. The SMILES string of the molecule is COc1cc(OC(F)(F)F)c(C#N)c(N)n1. The quantitative estimate of drug-likeness (QED) is 0.835. The molecule has 0 bridgehead atoms. The van der Waals surface area contributed by atoms with Crippen LogP contribution >= 0.6 is 0 Å². The molecule has 1 rings (SSSR count). The number of aromatic nitrogens is 1. The molecule has 0 amide bonds. The topological polar surface area (TPSA) is 81.2 Å². The highest BCUT2D eigenvalue weighted by molar-refractivity contribution is 5.58. The summed E-state index contributed by atoms with van der Waals surface area (Å²) in [4.78, 5) is 3.54. The van der Waals surface area contributed by atoms with E-state index < -0.39 is 17.7 Å². The Kier molecular flexibility index (Phi) is 3.08. The van der Waals surface area contributed by atoms with Gasteiger partial charge in [0.2, 0.25) is 5.88 Å². The number of nitriles is 1. The fourth-order valence-corrected chi connectivity index (χ4v) is 0.940. The molecule has 5 nitrogen and oxygen atoms in total. The van der Waals surface area contributed by atoms with Gasteiger partial charge in [0.15, 0.2) is 5.75 Å². The zero-order chi connectivity index (χ0) is 12.3. The van der Waals surface area contributed by atoms with E-state index in [0.717, 1.165) is 6.07 Å². The molecule has 0 aliphatic carbocycles. The number of alkyl halides is 3. The van der Waals surface area contributed by atoms with Gasteiger partial charge < -0.3 is 15.2 Å². The van der Waals surface area contributed by atoms with E-state index in [1.54, 1.807) is 0 Å². The molecule has 0 saturated heterocycles. The van der Waals surface area contributed by atoms with Gasteiger partial charge in [0.1, 0.15) is 17.5 Å². The van der Waals surface area contributed by atoms with E-state index in [4.69, 9.17) is 11.0 Å². The monoisotopic (exact) mass is 233 g/mol. The minimum absolute atomic E-state index is 0.171. The van der Waals surface area contributed by atoms with Crippen LogP contribution in [-0.2, 0) is 0 Å². The summed E-state index contributed by atoms with van der Waals surface area (Å²) in [5.41, 5.74) is 4.78. The zero-order valence-electron chi connectivity index (χ0n) is 8.00. The van der Waals surface area contributed by atoms with Gasteiger partial charge in [0.05, 0.1) is 7.11 Å². The number of hydrogen-bond donors (Lipinski definition) is 1. The number of methoxy groups -OCH3 is 1. The van der Waals surface area contributed by atoms with E-state index in [9.17, 15) is 13.2 Å². The number of ether oxygens (including phenoxy) is 2. The summed E-state index contributed by atoms with van der Waals surface area (Å²) in [5.74, 6) is -1.30. The van der Waals surface area contributed by atoms with Crippen LogP contribution in [0, 0.1) is 11.3 Å². The van der Waals surface area contributed by atoms with E-state index in [1.165, 1.54) is 13.2 Å². The molecule has 86 valence electrons. The number of hydrogen-bond acceptors (Lipinski definition) is 5. The lowest BCUT2D eigenvalue weighted by atomic mass is 10.2. The summed E-state index contributed by atoms with van der Waals surface area (Å²) in [7, 11) is 1.20. The van der Waals surface area contributed by atoms with Crippen LogP contribution in [0.25, 0.3) is 0 Å². The average Bonchev–Trinajstić information content (AvgIpc) is 2.14. The van der Waals surface area contributed by atoms with Crippen LogP contribution < -0.4 is 15.2 Å². The van der Waals surface area contributed by atoms with Gasteiger partial charge in [-0.25, -0.2) is 0 Å². The molecule has 0 atom stereocenters. The number of nitrogen functional groups attached to an aromatic ring is 1. The molecule has 1 heterocycles. The summed E-state index contributed by atoms with van der Waals surface area (Å²) < 4.78 is 44.2. The molecule has 0 fully saturated rings. The van der Waals surface area contributed by atoms with Crippen LogP contribution in [0.3, 0.4) is 0 Å². The van der Waals surface area contributed by atoms with Crippen molar-refractivity contribution < 1.29 is 22.6 Å². The van der Waals surface area contributed by atoms with Crippen LogP contribution in [-0.4, -0.2) is 18.5 Å². The van der Waals surface area contributed by atoms with E-state index in [0.29, 0.717) is 0 Å². The first-order valence-corrected chi connectivity index (χ1v) is 3.87. The standard InChI is InChI=1S/C8H6F3N3O2/c1-15-6-2-5(16-8(9,10)11)4(3-12)7(13)14-6/h2H,1H3,(H2,13,14). The molecule has 0 saturated carbocycles. The molecule has 0 spiro atoms. The zero-order valence-corrected chi connectivity index (χ0v) is 8.00. The van der Waals surface area contributed by atoms with Crippen LogP contribution in [0.1, 0.15) is 5.56 Å². The normalized spacial score (nSPS) is 10.7. The number of halogens is 3. The van der Waals surface area contributed by atoms with Gasteiger partial charge in [-0.15, -0.1) is 13.2 Å². The fourth-order valence-electron chi connectivity index (χ4n) is 0.940. The predicted molar refractivity (Wildman–Crippen MR) is 46.6 cm³/mol. The molecule has 0 aromatic carbocycles. The van der Waals surface area contributed by atoms with Gasteiger partial charge in [-0.2, -0.15) is 10.2 Å². The largest absolute Gasteiger partial charge is 0.573 e. The third-order valence-corrected chi connectivity index (χ3v) is 1.53. The first kappa shape index (κ1) is 11.9. The summed E-state index contributed by atoms with van der Waals surface area (Å²) in [6.07, 6.45) is -4.91. The molecular weight excluding hydrogens is 227 g/mol. The second-order valence-corrected chi connectivity index (χ2v) is 2.58. The maximum atomic E-state index is 12.0. The molecule has 0 aliphatic rings. The van der Waals surface area contributed by atoms with Crippen molar-refractivity contribution >= 4 is 5.82 Å². The molecular formula is C8H6F3N3O2. The van der Waals surface area contributed by atoms with Gasteiger partial charge in [0, 0.05) is 6.07 Å². The first-order valence-electron chi connectivity index (χ1n) is 3.87. The Hall–Kier alpha value is -2.17. The van der Waals surface area contributed by atoms with Crippen LogP contribution in [0.5, 0.6) is 11.6 Å². The Morgan fingerprint density at radius 2 is 2.12 bits per heavy atom. The Balaban J connectivity index is 3.25. The molecule has 16 heavy (non-hydrogen) atoms. The molecule has 0 radical (unpaired) electrons. The summed E-state index contributed by atoms with van der Waals surface area (Å²) in [6, 6.07) is 2.31. The number of anilines is 1. The van der Waals surface area contributed by atoms with Gasteiger partial charge >= 0.3 is 6.36 Å². The van der Waals surface area contributed by atoms with E-state index in [2.05, 4.69) is 14.5 Å². The second kappa shape index (κ2) is 4.14. The minimum atomic E-state index is -4.91. The van der Waals surface area contributed by atoms with Gasteiger partial charge in [0.25, 0.3) is 0 Å². The maximum absolute atomic E-state index is 12.0. The summed E-state index contributed by atoms with van der Waals surface area (Å²) >= 11 is 0. The second-order valence-electron chi connectivity index (χ2n) is 2.58. The van der Waals surface area contributed by atoms with Crippen molar-refractivity contribution in [3.63, 3.8) is 0 Å². The van der Waals surface area contributed by atoms with Crippen molar-refractivity contribution in [3.05, 3.63) is 11.6 Å². The van der Waals surface area contributed by atoms with Crippen molar-refractivity contribution in [1.82, 2.24) is 4.98 Å². The highest BCUT2D eigenvalue weighted by Gasteiger charge is 2.33. The highest BCUT2D eigenvalue weighted by atomic mass is 19.4. The third kappa shape index (κ3) is 2.66. The Bertz CT molecular complexity index is 439. The smallest absolute Gasteiger partial charge is 0.481 e. The van der Waals surface area contributed by atoms with Crippen molar-refractivity contribution in [2.75, 3.05) is 12.8 Å². The van der Waals surface area contributed by atoms with Crippen molar-refractivity contribution in [1.29, 1.82) is 5.26 Å². The molecule has 0 unspecified atom stereocenters. The van der Waals surface area contributed by atoms with Gasteiger partial charge in [-0.1, -0.05) is 0 Å². The fraction of sp³-hybridized carbons (Fsp3) is 0.250. The Labute approximate surface area is 88.2 Å². The Morgan fingerprint density at radius 3 is 2.56 bits per heavy atom. The van der Waals surface area contributed by atoms with Gasteiger partial charge in [-0.05, 0) is 0 Å². The minimum Gasteiger partial charge on any atom is -0.481 e. The molecule has 1 aromatic heterocycles. The highest BCUT2D eigenvalue weighted by Crippen LogP contribution is 2.31. The van der Waals surface area contributed by atoms with Crippen LogP contribution in [0.4, 0.5) is 19.0 Å². The number of nitrogens with zero attached hydrogens (tertiary/aromatic N) is 2. The molecule has 8 heteroatoms. The van der Waals surface area contributed by atoms with Crippen molar-refractivity contribution in [2.45, 2.75) is 6.36 Å². The first-order chi connectivity index (χ1) is 7.37. The Morgan fingerprint density at radius 1 is 1.50 bits per heavy atom. The lowest BCUT2D eigenvalue weighted by molar-refractivity contribution is -0.274. The lowest BCUT2D eigenvalue weighted by Gasteiger charge is -2.11. The summed E-state index contributed by atoms with van der Waals surface area (Å²) in [5, 5.41) is 8.60. The maximum Gasteiger partial charge on any atom is 0.573 e. The van der Waals surface area contributed by atoms with Crippen LogP contribution in [0.15, 0.2) is 6.07 Å². The van der Waals surface area contributed by atoms with Crippen molar-refractivity contribution in [3.8, 4) is 17.7 Å². The van der Waals surface area contributed by atoms with Crippen LogP contribution in [0.2, 0.25) is 0 Å². The molecule has 2 N–H and O–H groups in total. The van der Waals surface area contributed by atoms with E-state index in [-0.39, 0.29) is 11.7 Å². The number of nitrogens with two attached hydrogens (primary N) is 1.